The van der Waals surface area contributed by atoms with Gasteiger partial charge in [0.15, 0.2) is 0 Å². The molecule has 0 spiro atoms. The maximum absolute atomic E-state index is 12.8. The number of aromatic nitrogens is 1. The lowest BCUT2D eigenvalue weighted by Gasteiger charge is -2.38. The average Bonchev–Trinajstić information content (AvgIpc) is 2.93. The Balaban J connectivity index is 1.78. The van der Waals surface area contributed by atoms with Gasteiger partial charge in [-0.3, -0.25) is 4.79 Å². The summed E-state index contributed by atoms with van der Waals surface area (Å²) in [6.07, 6.45) is 3.93. The van der Waals surface area contributed by atoms with E-state index in [2.05, 4.69) is 10.6 Å². The number of amides is 1. The monoisotopic (exact) mass is 278 g/mol. The molecule has 110 valence electrons. The highest BCUT2D eigenvalue weighted by Crippen LogP contribution is 2.27. The van der Waals surface area contributed by atoms with Crippen LogP contribution in [0.1, 0.15) is 24.6 Å². The van der Waals surface area contributed by atoms with E-state index in [0.29, 0.717) is 26.4 Å². The summed E-state index contributed by atoms with van der Waals surface area (Å²) < 4.78 is 13.1. The summed E-state index contributed by atoms with van der Waals surface area (Å²) in [6, 6.07) is 4.10. The van der Waals surface area contributed by atoms with Gasteiger partial charge in [-0.15, -0.1) is 0 Å². The maximum Gasteiger partial charge on any atom is 0.228 e. The molecule has 1 amide bonds. The summed E-state index contributed by atoms with van der Waals surface area (Å²) in [4.78, 5) is 14.7. The van der Waals surface area contributed by atoms with Crippen LogP contribution in [0, 0.1) is 5.92 Å². The molecule has 2 saturated heterocycles. The first-order valence-electron chi connectivity index (χ1n) is 7.34. The first-order valence-corrected chi connectivity index (χ1v) is 7.34. The molecule has 2 fully saturated rings. The Morgan fingerprint density at radius 1 is 1.30 bits per heavy atom. The molecule has 1 aromatic rings. The highest BCUT2D eigenvalue weighted by Gasteiger charge is 2.34. The number of nitrogens with zero attached hydrogens (tertiary/aromatic N) is 2. The van der Waals surface area contributed by atoms with Gasteiger partial charge in [-0.05, 0) is 25.0 Å². The summed E-state index contributed by atoms with van der Waals surface area (Å²) in [6.45, 7) is 3.23. The third-order valence-corrected chi connectivity index (χ3v) is 4.25. The van der Waals surface area contributed by atoms with Gasteiger partial charge in [-0.1, -0.05) is 0 Å². The molecule has 0 bridgehead atoms. The van der Waals surface area contributed by atoms with E-state index in [9.17, 15) is 4.79 Å². The second-order valence-corrected chi connectivity index (χ2v) is 5.58. The van der Waals surface area contributed by atoms with Crippen molar-refractivity contribution in [2.75, 3.05) is 33.0 Å². The van der Waals surface area contributed by atoms with Crippen LogP contribution in [-0.2, 0) is 21.3 Å². The summed E-state index contributed by atoms with van der Waals surface area (Å²) >= 11 is 0. The van der Waals surface area contributed by atoms with Crippen LogP contribution in [0.15, 0.2) is 18.3 Å². The maximum atomic E-state index is 12.8. The summed E-state index contributed by atoms with van der Waals surface area (Å²) in [5.74, 6) is 0.240. The topological polar surface area (TPSA) is 43.7 Å². The van der Waals surface area contributed by atoms with Crippen LogP contribution in [0.4, 0.5) is 0 Å². The molecule has 5 nitrogen and oxygen atoms in total. The minimum atomic E-state index is 0.0182. The molecule has 0 aliphatic carbocycles. The first-order chi connectivity index (χ1) is 9.77. The van der Waals surface area contributed by atoms with Crippen molar-refractivity contribution in [1.82, 2.24) is 9.47 Å². The van der Waals surface area contributed by atoms with Crippen LogP contribution in [0.5, 0.6) is 0 Å². The average molecular weight is 278 g/mol. The molecule has 5 heteroatoms. The number of hydrogen-bond donors (Lipinski definition) is 0. The van der Waals surface area contributed by atoms with Crippen molar-refractivity contribution in [3.05, 3.63) is 24.0 Å². The minimum absolute atomic E-state index is 0.0182. The van der Waals surface area contributed by atoms with Gasteiger partial charge in [0, 0.05) is 32.1 Å². The zero-order valence-electron chi connectivity index (χ0n) is 12.0. The zero-order chi connectivity index (χ0) is 13.9. The van der Waals surface area contributed by atoms with Crippen LogP contribution < -0.4 is 0 Å². The van der Waals surface area contributed by atoms with E-state index in [4.69, 9.17) is 9.47 Å². The SMILES string of the molecule is Cn1cccc1[C@H]1COCCN1C(=O)[C@H]1CCCOC1. The van der Waals surface area contributed by atoms with Crippen LogP contribution in [0.25, 0.3) is 0 Å². The third-order valence-electron chi connectivity index (χ3n) is 4.25. The Labute approximate surface area is 119 Å². The summed E-state index contributed by atoms with van der Waals surface area (Å²) in [7, 11) is 2.01. The van der Waals surface area contributed by atoms with Crippen LogP contribution in [-0.4, -0.2) is 48.3 Å². The molecule has 0 N–H and O–H groups in total. The molecule has 20 heavy (non-hydrogen) atoms. The fraction of sp³-hybridized carbons (Fsp3) is 0.667. The smallest absolute Gasteiger partial charge is 0.228 e. The van der Waals surface area contributed by atoms with Gasteiger partial charge in [-0.25, -0.2) is 0 Å². The highest BCUT2D eigenvalue weighted by atomic mass is 16.5. The lowest BCUT2D eigenvalue weighted by Crippen LogP contribution is -2.47. The van der Waals surface area contributed by atoms with Crippen molar-refractivity contribution < 1.29 is 14.3 Å². The van der Waals surface area contributed by atoms with E-state index in [0.717, 1.165) is 25.1 Å². The Hall–Kier alpha value is -1.33. The molecule has 2 atom stereocenters. The number of carbonyl (C=O) groups excluding carboxylic acids is 1. The molecular weight excluding hydrogens is 256 g/mol. The fourth-order valence-electron chi connectivity index (χ4n) is 3.10. The lowest BCUT2D eigenvalue weighted by molar-refractivity contribution is -0.149. The van der Waals surface area contributed by atoms with Crippen molar-refractivity contribution in [2.45, 2.75) is 18.9 Å². The lowest BCUT2D eigenvalue weighted by atomic mass is 9.99. The van der Waals surface area contributed by atoms with Gasteiger partial charge < -0.3 is 18.9 Å². The fourth-order valence-corrected chi connectivity index (χ4v) is 3.10. The predicted molar refractivity (Wildman–Crippen MR) is 74.2 cm³/mol. The zero-order valence-corrected chi connectivity index (χ0v) is 12.0. The van der Waals surface area contributed by atoms with E-state index < -0.39 is 0 Å². The number of morpholine rings is 1. The van der Waals surface area contributed by atoms with Crippen molar-refractivity contribution >= 4 is 5.91 Å². The van der Waals surface area contributed by atoms with Gasteiger partial charge in [0.2, 0.25) is 5.91 Å². The normalized spacial score (nSPS) is 27.6. The predicted octanol–water partition coefficient (Wildman–Crippen LogP) is 1.35. The molecular formula is C15H22N2O3. The molecule has 0 radical (unpaired) electrons. The number of aryl methyl sites for hydroxylation is 1. The second kappa shape index (κ2) is 5.97. The number of hydrogen-bond acceptors (Lipinski definition) is 3. The van der Waals surface area contributed by atoms with E-state index in [1.54, 1.807) is 0 Å². The molecule has 1 aromatic heterocycles. The van der Waals surface area contributed by atoms with Crippen molar-refractivity contribution in [3.63, 3.8) is 0 Å². The van der Waals surface area contributed by atoms with Gasteiger partial charge in [0.1, 0.15) is 0 Å². The summed E-state index contributed by atoms with van der Waals surface area (Å²) in [5, 5.41) is 0. The number of carbonyl (C=O) groups is 1. The molecule has 0 unspecified atom stereocenters. The van der Waals surface area contributed by atoms with E-state index in [1.165, 1.54) is 0 Å². The van der Waals surface area contributed by atoms with Crippen LogP contribution in [0.2, 0.25) is 0 Å². The largest absolute Gasteiger partial charge is 0.381 e. The molecule has 0 aromatic carbocycles. The first kappa shape index (κ1) is 13.6. The van der Waals surface area contributed by atoms with Crippen molar-refractivity contribution in [1.29, 1.82) is 0 Å². The Morgan fingerprint density at radius 3 is 2.85 bits per heavy atom. The van der Waals surface area contributed by atoms with E-state index in [1.807, 2.05) is 24.2 Å². The molecule has 3 heterocycles. The Morgan fingerprint density at radius 2 is 2.15 bits per heavy atom. The number of rotatable bonds is 2. The van der Waals surface area contributed by atoms with E-state index >= 15 is 0 Å². The van der Waals surface area contributed by atoms with Gasteiger partial charge in [-0.2, -0.15) is 0 Å². The molecule has 2 aliphatic heterocycles. The quantitative estimate of drug-likeness (QED) is 0.820. The molecule has 2 aliphatic rings. The number of ether oxygens (including phenoxy) is 2. The van der Waals surface area contributed by atoms with Gasteiger partial charge in [0.25, 0.3) is 0 Å². The molecule has 0 saturated carbocycles. The Bertz CT molecular complexity index is 465. The van der Waals surface area contributed by atoms with Gasteiger partial charge >= 0.3 is 0 Å². The van der Waals surface area contributed by atoms with Crippen molar-refractivity contribution in [3.8, 4) is 0 Å². The Kier molecular flexibility index (Phi) is 4.08. The standard InChI is InChI=1S/C15H22N2O3/c1-16-6-2-5-13(16)14-11-20-9-7-17(14)15(18)12-4-3-8-19-10-12/h2,5-6,12,14H,3-4,7-11H2,1H3/t12-,14+/m0/s1. The minimum Gasteiger partial charge on any atom is -0.381 e. The molecule has 3 rings (SSSR count). The van der Waals surface area contributed by atoms with Crippen LogP contribution in [0.3, 0.4) is 0 Å². The third kappa shape index (κ3) is 2.60. The van der Waals surface area contributed by atoms with Gasteiger partial charge in [0.05, 0.1) is 31.8 Å². The van der Waals surface area contributed by atoms with Crippen molar-refractivity contribution in [2.24, 2.45) is 13.0 Å². The van der Waals surface area contributed by atoms with E-state index in [-0.39, 0.29) is 17.9 Å². The van der Waals surface area contributed by atoms with Crippen LogP contribution >= 0.6 is 0 Å². The summed E-state index contributed by atoms with van der Waals surface area (Å²) in [5.41, 5.74) is 1.13. The highest BCUT2D eigenvalue weighted by molar-refractivity contribution is 5.79. The second-order valence-electron chi connectivity index (χ2n) is 5.58.